The molecule has 128 valence electrons. The van der Waals surface area contributed by atoms with Crippen LogP contribution in [0.15, 0.2) is 30.3 Å². The van der Waals surface area contributed by atoms with Crippen molar-refractivity contribution in [3.8, 4) is 0 Å². The van der Waals surface area contributed by atoms with Gasteiger partial charge in [-0.1, -0.05) is 6.07 Å². The Balaban J connectivity index is 1.52. The first-order chi connectivity index (χ1) is 11.4. The fraction of sp³-hybridized carbons (Fsp3) is 0.500. The maximum atomic E-state index is 12.5. The van der Waals surface area contributed by atoms with E-state index in [1.807, 2.05) is 12.1 Å². The van der Waals surface area contributed by atoms with Crippen LogP contribution in [0.2, 0.25) is 0 Å². The third-order valence-electron chi connectivity index (χ3n) is 5.29. The molecule has 0 amide bonds. The van der Waals surface area contributed by atoms with E-state index in [1.165, 1.54) is 18.9 Å². The number of alkyl halides is 3. The summed E-state index contributed by atoms with van der Waals surface area (Å²) in [5.74, 6) is 0.924. The fourth-order valence-electron chi connectivity index (χ4n) is 3.72. The maximum absolute atomic E-state index is 12.5. The highest BCUT2D eigenvalue weighted by atomic mass is 19.4. The number of fused-ring (bicyclic) bond motifs is 1. The molecule has 6 heteroatoms. The number of rotatable bonds is 2. The molecular formula is C18H20F3N3. The highest BCUT2D eigenvalue weighted by Crippen LogP contribution is 2.36. The molecule has 0 bridgehead atoms. The van der Waals surface area contributed by atoms with Gasteiger partial charge in [0, 0.05) is 31.6 Å². The van der Waals surface area contributed by atoms with Crippen molar-refractivity contribution in [2.75, 3.05) is 31.1 Å². The molecule has 0 saturated carbocycles. The van der Waals surface area contributed by atoms with E-state index >= 15 is 0 Å². The summed E-state index contributed by atoms with van der Waals surface area (Å²) in [5, 5.41) is 4.12. The van der Waals surface area contributed by atoms with E-state index in [4.69, 9.17) is 0 Å². The number of benzene rings is 1. The standard InChI is InChI=1S/C18H20F3N3/c19-18(20,21)10-13-1-3-15-14(9-13)2-4-16(23-15)24-7-5-17(6-8-24)11-22-12-17/h1-4,9,22H,5-8,10-12H2. The minimum atomic E-state index is -4.18. The number of anilines is 1. The predicted octanol–water partition coefficient (Wildman–Crippen LogP) is 3.53. The van der Waals surface area contributed by atoms with Crippen molar-refractivity contribution in [1.82, 2.24) is 10.3 Å². The van der Waals surface area contributed by atoms with Gasteiger partial charge in [0.05, 0.1) is 11.9 Å². The Hall–Kier alpha value is -1.82. The summed E-state index contributed by atoms with van der Waals surface area (Å²) in [6.07, 6.45) is -2.73. The predicted molar refractivity (Wildman–Crippen MR) is 88.3 cm³/mol. The van der Waals surface area contributed by atoms with Crippen LogP contribution in [0.4, 0.5) is 19.0 Å². The zero-order chi connectivity index (χ0) is 16.8. The van der Waals surface area contributed by atoms with Crippen LogP contribution in [-0.4, -0.2) is 37.3 Å². The van der Waals surface area contributed by atoms with Crippen molar-refractivity contribution in [2.45, 2.75) is 25.4 Å². The molecule has 1 aromatic heterocycles. The monoisotopic (exact) mass is 335 g/mol. The van der Waals surface area contributed by atoms with E-state index in [-0.39, 0.29) is 5.56 Å². The van der Waals surface area contributed by atoms with Crippen molar-refractivity contribution in [3.05, 3.63) is 35.9 Å². The van der Waals surface area contributed by atoms with Gasteiger partial charge in [-0.2, -0.15) is 13.2 Å². The lowest BCUT2D eigenvalue weighted by Gasteiger charge is -2.48. The summed E-state index contributed by atoms with van der Waals surface area (Å²) in [6, 6.07) is 8.62. The van der Waals surface area contributed by atoms with Gasteiger partial charge in [0.1, 0.15) is 5.82 Å². The summed E-state index contributed by atoms with van der Waals surface area (Å²) in [6.45, 7) is 4.22. The third-order valence-corrected chi connectivity index (χ3v) is 5.29. The van der Waals surface area contributed by atoms with Crippen molar-refractivity contribution in [1.29, 1.82) is 0 Å². The molecule has 1 N–H and O–H groups in total. The van der Waals surface area contributed by atoms with Crippen LogP contribution in [-0.2, 0) is 6.42 Å². The van der Waals surface area contributed by atoms with Crippen molar-refractivity contribution in [2.24, 2.45) is 5.41 Å². The summed E-state index contributed by atoms with van der Waals surface area (Å²) < 4.78 is 37.6. The Labute approximate surface area is 138 Å². The molecule has 0 radical (unpaired) electrons. The Morgan fingerprint density at radius 1 is 1.08 bits per heavy atom. The molecule has 1 aromatic carbocycles. The molecule has 2 fully saturated rings. The molecule has 3 nitrogen and oxygen atoms in total. The second kappa shape index (κ2) is 5.62. The van der Waals surface area contributed by atoms with Crippen LogP contribution in [0.1, 0.15) is 18.4 Å². The van der Waals surface area contributed by atoms with Crippen LogP contribution in [0, 0.1) is 5.41 Å². The zero-order valence-corrected chi connectivity index (χ0v) is 13.4. The van der Waals surface area contributed by atoms with E-state index < -0.39 is 12.6 Å². The number of hydrogen-bond acceptors (Lipinski definition) is 3. The van der Waals surface area contributed by atoms with Gasteiger partial charge in [-0.3, -0.25) is 0 Å². The van der Waals surface area contributed by atoms with Gasteiger partial charge < -0.3 is 10.2 Å². The van der Waals surface area contributed by atoms with Gasteiger partial charge in [-0.15, -0.1) is 0 Å². The van der Waals surface area contributed by atoms with Crippen LogP contribution in [0.3, 0.4) is 0 Å². The molecular weight excluding hydrogens is 315 g/mol. The van der Waals surface area contributed by atoms with Gasteiger partial charge in [0.15, 0.2) is 0 Å². The lowest BCUT2D eigenvalue weighted by molar-refractivity contribution is -0.127. The average molecular weight is 335 g/mol. The molecule has 3 heterocycles. The van der Waals surface area contributed by atoms with Gasteiger partial charge >= 0.3 is 6.18 Å². The van der Waals surface area contributed by atoms with Crippen LogP contribution >= 0.6 is 0 Å². The number of pyridine rings is 1. The fourth-order valence-corrected chi connectivity index (χ4v) is 3.72. The molecule has 2 aliphatic heterocycles. The second-order valence-corrected chi connectivity index (χ2v) is 7.08. The SMILES string of the molecule is FC(F)(F)Cc1ccc2nc(N3CCC4(CC3)CNC4)ccc2c1. The highest BCUT2D eigenvalue weighted by Gasteiger charge is 2.39. The number of aromatic nitrogens is 1. The van der Waals surface area contributed by atoms with Crippen molar-refractivity contribution >= 4 is 16.7 Å². The lowest BCUT2D eigenvalue weighted by atomic mass is 9.73. The smallest absolute Gasteiger partial charge is 0.357 e. The number of nitrogens with zero attached hydrogens (tertiary/aromatic N) is 2. The van der Waals surface area contributed by atoms with Crippen LogP contribution in [0.25, 0.3) is 10.9 Å². The van der Waals surface area contributed by atoms with Gasteiger partial charge in [-0.25, -0.2) is 4.98 Å². The van der Waals surface area contributed by atoms with Crippen LogP contribution in [0.5, 0.6) is 0 Å². The van der Waals surface area contributed by atoms with E-state index in [2.05, 4.69) is 15.2 Å². The summed E-state index contributed by atoms with van der Waals surface area (Å²) in [5.41, 5.74) is 1.52. The van der Waals surface area contributed by atoms with Gasteiger partial charge in [0.2, 0.25) is 0 Å². The molecule has 4 rings (SSSR count). The quantitative estimate of drug-likeness (QED) is 0.910. The Bertz CT molecular complexity index is 743. The topological polar surface area (TPSA) is 28.2 Å². The second-order valence-electron chi connectivity index (χ2n) is 7.08. The van der Waals surface area contributed by atoms with Gasteiger partial charge in [0.25, 0.3) is 0 Å². The van der Waals surface area contributed by atoms with E-state index in [9.17, 15) is 13.2 Å². The Morgan fingerprint density at radius 3 is 2.46 bits per heavy atom. The van der Waals surface area contributed by atoms with Gasteiger partial charge in [-0.05, 0) is 48.1 Å². The maximum Gasteiger partial charge on any atom is 0.393 e. The summed E-state index contributed by atoms with van der Waals surface area (Å²) >= 11 is 0. The van der Waals surface area contributed by atoms with Crippen molar-refractivity contribution in [3.63, 3.8) is 0 Å². The first-order valence-corrected chi connectivity index (χ1v) is 8.35. The van der Waals surface area contributed by atoms with E-state index in [1.54, 1.807) is 12.1 Å². The first kappa shape index (κ1) is 15.7. The van der Waals surface area contributed by atoms with E-state index in [0.717, 1.165) is 42.9 Å². The highest BCUT2D eigenvalue weighted by molar-refractivity contribution is 5.81. The summed E-state index contributed by atoms with van der Waals surface area (Å²) in [4.78, 5) is 6.94. The van der Waals surface area contributed by atoms with E-state index in [0.29, 0.717) is 5.41 Å². The minimum Gasteiger partial charge on any atom is -0.357 e. The molecule has 0 atom stereocenters. The molecule has 2 aromatic rings. The molecule has 0 aliphatic carbocycles. The molecule has 2 aliphatic rings. The van der Waals surface area contributed by atoms with Crippen LogP contribution < -0.4 is 10.2 Å². The third kappa shape index (κ3) is 3.07. The minimum absolute atomic E-state index is 0.280. The molecule has 2 saturated heterocycles. The molecule has 24 heavy (non-hydrogen) atoms. The average Bonchev–Trinajstić information content (AvgIpc) is 2.51. The molecule has 1 spiro atoms. The zero-order valence-electron chi connectivity index (χ0n) is 13.4. The number of nitrogens with one attached hydrogen (secondary N) is 1. The number of halogens is 3. The lowest BCUT2D eigenvalue weighted by Crippen LogP contribution is -2.58. The van der Waals surface area contributed by atoms with Crippen molar-refractivity contribution < 1.29 is 13.2 Å². The number of hydrogen-bond donors (Lipinski definition) is 1. The summed E-state index contributed by atoms with van der Waals surface area (Å²) in [7, 11) is 0. The normalized spacial score (nSPS) is 20.4. The first-order valence-electron chi connectivity index (χ1n) is 8.35. The largest absolute Gasteiger partial charge is 0.393 e. The Kier molecular flexibility index (Phi) is 3.67. The molecule has 0 unspecified atom stereocenters. The Morgan fingerprint density at radius 2 is 1.83 bits per heavy atom. The number of piperidine rings is 1.